The van der Waals surface area contributed by atoms with Crippen LogP contribution in [0.4, 0.5) is 5.13 Å². The van der Waals surface area contributed by atoms with Gasteiger partial charge < -0.3 is 10.2 Å². The molecular weight excluding hydrogens is 208 g/mol. The first-order valence-corrected chi connectivity index (χ1v) is 6.28. The van der Waals surface area contributed by atoms with Crippen molar-refractivity contribution >= 4 is 16.5 Å². The van der Waals surface area contributed by atoms with Crippen molar-refractivity contribution < 1.29 is 0 Å². The minimum atomic E-state index is 0.797. The Morgan fingerprint density at radius 1 is 1.40 bits per heavy atom. The molecule has 0 amide bonds. The number of anilines is 1. The van der Waals surface area contributed by atoms with E-state index in [-0.39, 0.29) is 0 Å². The van der Waals surface area contributed by atoms with Gasteiger partial charge in [0.1, 0.15) is 5.01 Å². The molecule has 2 rings (SSSR count). The number of nitrogens with zero attached hydrogens (tertiary/aromatic N) is 3. The maximum atomic E-state index is 4.06. The minimum Gasteiger partial charge on any atom is -0.360 e. The van der Waals surface area contributed by atoms with Crippen LogP contribution in [0.1, 0.15) is 17.8 Å². The van der Waals surface area contributed by atoms with E-state index in [0.717, 1.165) is 22.6 Å². The van der Waals surface area contributed by atoms with Gasteiger partial charge in [-0.2, -0.15) is 0 Å². The normalized spacial score (nSPS) is 19.3. The van der Waals surface area contributed by atoms with Crippen LogP contribution in [0, 0.1) is 12.8 Å². The molecule has 1 fully saturated rings. The summed E-state index contributed by atoms with van der Waals surface area (Å²) < 4.78 is 0. The summed E-state index contributed by atoms with van der Waals surface area (Å²) in [6, 6.07) is 0. The summed E-state index contributed by atoms with van der Waals surface area (Å²) in [6.07, 6.45) is 2.59. The van der Waals surface area contributed by atoms with Gasteiger partial charge >= 0.3 is 0 Å². The van der Waals surface area contributed by atoms with Crippen LogP contribution < -0.4 is 5.32 Å². The maximum absolute atomic E-state index is 4.06. The quantitative estimate of drug-likeness (QED) is 0.850. The molecule has 0 spiro atoms. The SMILES string of the molecule is Cc1nnc(NCC2CCN(C)CC2)s1. The zero-order valence-electron chi connectivity index (χ0n) is 9.36. The van der Waals surface area contributed by atoms with Crippen LogP contribution in [0.25, 0.3) is 0 Å². The van der Waals surface area contributed by atoms with Crippen LogP contribution in [0.3, 0.4) is 0 Å². The monoisotopic (exact) mass is 226 g/mol. The first kappa shape index (κ1) is 10.8. The number of rotatable bonds is 3. The lowest BCUT2D eigenvalue weighted by molar-refractivity contribution is 0.226. The Kier molecular flexibility index (Phi) is 3.53. The van der Waals surface area contributed by atoms with E-state index in [4.69, 9.17) is 0 Å². The van der Waals surface area contributed by atoms with Crippen LogP contribution in [0.15, 0.2) is 0 Å². The molecule has 0 radical (unpaired) electrons. The second kappa shape index (κ2) is 4.90. The molecule has 0 saturated carbocycles. The molecular formula is C10H18N4S. The lowest BCUT2D eigenvalue weighted by Gasteiger charge is -2.28. The van der Waals surface area contributed by atoms with E-state index in [1.807, 2.05) is 6.92 Å². The predicted octanol–water partition coefficient (Wildman–Crippen LogP) is 1.60. The predicted molar refractivity (Wildman–Crippen MR) is 63.4 cm³/mol. The lowest BCUT2D eigenvalue weighted by atomic mass is 9.97. The second-order valence-corrected chi connectivity index (χ2v) is 5.44. The molecule has 1 N–H and O–H groups in total. The topological polar surface area (TPSA) is 41.1 Å². The van der Waals surface area contributed by atoms with Gasteiger partial charge in [-0.1, -0.05) is 11.3 Å². The van der Waals surface area contributed by atoms with E-state index >= 15 is 0 Å². The number of aryl methyl sites for hydroxylation is 1. The van der Waals surface area contributed by atoms with Gasteiger partial charge in [0.2, 0.25) is 5.13 Å². The molecule has 1 aliphatic heterocycles. The van der Waals surface area contributed by atoms with E-state index in [0.29, 0.717) is 0 Å². The average Bonchev–Trinajstić information content (AvgIpc) is 2.64. The molecule has 1 aromatic rings. The van der Waals surface area contributed by atoms with Crippen molar-refractivity contribution in [2.24, 2.45) is 5.92 Å². The van der Waals surface area contributed by atoms with Gasteiger partial charge in [-0.25, -0.2) is 0 Å². The van der Waals surface area contributed by atoms with Gasteiger partial charge in [0, 0.05) is 6.54 Å². The highest BCUT2D eigenvalue weighted by Gasteiger charge is 2.16. The van der Waals surface area contributed by atoms with Crippen LogP contribution in [0.5, 0.6) is 0 Å². The third kappa shape index (κ3) is 3.14. The van der Waals surface area contributed by atoms with Crippen molar-refractivity contribution in [3.63, 3.8) is 0 Å². The molecule has 0 aromatic carbocycles. The van der Waals surface area contributed by atoms with Crippen molar-refractivity contribution in [2.75, 3.05) is 32.0 Å². The van der Waals surface area contributed by atoms with E-state index in [2.05, 4.69) is 27.5 Å². The lowest BCUT2D eigenvalue weighted by Crippen LogP contribution is -2.32. The Bertz CT molecular complexity index is 304. The van der Waals surface area contributed by atoms with Gasteiger partial charge in [-0.05, 0) is 45.8 Å². The van der Waals surface area contributed by atoms with Crippen molar-refractivity contribution in [3.05, 3.63) is 5.01 Å². The Morgan fingerprint density at radius 2 is 2.13 bits per heavy atom. The van der Waals surface area contributed by atoms with Crippen LogP contribution in [-0.4, -0.2) is 41.8 Å². The van der Waals surface area contributed by atoms with Crippen LogP contribution in [0.2, 0.25) is 0 Å². The summed E-state index contributed by atoms with van der Waals surface area (Å²) in [7, 11) is 2.19. The average molecular weight is 226 g/mol. The van der Waals surface area contributed by atoms with Crippen molar-refractivity contribution in [2.45, 2.75) is 19.8 Å². The summed E-state index contributed by atoms with van der Waals surface area (Å²) in [4.78, 5) is 2.39. The molecule has 84 valence electrons. The molecule has 15 heavy (non-hydrogen) atoms. The molecule has 5 heteroatoms. The third-order valence-electron chi connectivity index (χ3n) is 2.91. The fraction of sp³-hybridized carbons (Fsp3) is 0.800. The molecule has 1 aliphatic rings. The summed E-state index contributed by atoms with van der Waals surface area (Å²) in [5.74, 6) is 0.797. The first-order valence-electron chi connectivity index (χ1n) is 5.46. The number of hydrogen-bond donors (Lipinski definition) is 1. The highest BCUT2D eigenvalue weighted by molar-refractivity contribution is 7.15. The third-order valence-corrected chi connectivity index (χ3v) is 3.70. The number of nitrogens with one attached hydrogen (secondary N) is 1. The minimum absolute atomic E-state index is 0.797. The molecule has 0 bridgehead atoms. The molecule has 1 aromatic heterocycles. The standard InChI is InChI=1S/C10H18N4S/c1-8-12-13-10(15-8)11-7-9-3-5-14(2)6-4-9/h9H,3-7H2,1-2H3,(H,11,13). The zero-order chi connectivity index (χ0) is 10.7. The highest BCUT2D eigenvalue weighted by Crippen LogP contribution is 2.18. The smallest absolute Gasteiger partial charge is 0.205 e. The van der Waals surface area contributed by atoms with Crippen LogP contribution in [-0.2, 0) is 0 Å². The van der Waals surface area contributed by atoms with Gasteiger partial charge in [0.25, 0.3) is 0 Å². The highest BCUT2D eigenvalue weighted by atomic mass is 32.1. The molecule has 1 saturated heterocycles. The maximum Gasteiger partial charge on any atom is 0.205 e. The summed E-state index contributed by atoms with van der Waals surface area (Å²) in [6.45, 7) is 5.48. The summed E-state index contributed by atoms with van der Waals surface area (Å²) in [5.41, 5.74) is 0. The summed E-state index contributed by atoms with van der Waals surface area (Å²) in [5, 5.41) is 13.4. The van der Waals surface area contributed by atoms with Crippen molar-refractivity contribution in [1.82, 2.24) is 15.1 Å². The number of likely N-dealkylation sites (tertiary alicyclic amines) is 1. The Labute approximate surface area is 94.7 Å². The van der Waals surface area contributed by atoms with Gasteiger partial charge in [0.05, 0.1) is 0 Å². The van der Waals surface area contributed by atoms with E-state index in [1.54, 1.807) is 11.3 Å². The molecule has 0 atom stereocenters. The Morgan fingerprint density at radius 3 is 2.73 bits per heavy atom. The Balaban J connectivity index is 1.74. The van der Waals surface area contributed by atoms with Crippen molar-refractivity contribution in [3.8, 4) is 0 Å². The van der Waals surface area contributed by atoms with Crippen LogP contribution >= 0.6 is 11.3 Å². The molecule has 0 unspecified atom stereocenters. The van der Waals surface area contributed by atoms with Gasteiger partial charge in [-0.3, -0.25) is 0 Å². The molecule has 2 heterocycles. The fourth-order valence-corrected chi connectivity index (χ4v) is 2.46. The second-order valence-electron chi connectivity index (χ2n) is 4.25. The van der Waals surface area contributed by atoms with E-state index in [9.17, 15) is 0 Å². The molecule has 0 aliphatic carbocycles. The summed E-state index contributed by atoms with van der Waals surface area (Å²) >= 11 is 1.63. The largest absolute Gasteiger partial charge is 0.360 e. The number of piperidine rings is 1. The van der Waals surface area contributed by atoms with Gasteiger partial charge in [0.15, 0.2) is 0 Å². The van der Waals surface area contributed by atoms with E-state index < -0.39 is 0 Å². The number of hydrogen-bond acceptors (Lipinski definition) is 5. The zero-order valence-corrected chi connectivity index (χ0v) is 10.2. The van der Waals surface area contributed by atoms with Gasteiger partial charge in [-0.15, -0.1) is 10.2 Å². The number of aromatic nitrogens is 2. The Hall–Kier alpha value is -0.680. The molecule has 4 nitrogen and oxygen atoms in total. The first-order chi connectivity index (χ1) is 7.24. The fourth-order valence-electron chi connectivity index (χ4n) is 1.87. The van der Waals surface area contributed by atoms with E-state index in [1.165, 1.54) is 25.9 Å². The van der Waals surface area contributed by atoms with Crippen molar-refractivity contribution in [1.29, 1.82) is 0 Å².